The standard InChI is InChI=1S/C14H21N5O5SSi/c1-26(2,3)9-8-24-11-18-14(15-10-16-18)17-25(22,23)13-7-5-4-6-12(13)19(20)21/h4-7,10H,8-9,11H2,1-3H3,(H,15,16,17). The summed E-state index contributed by atoms with van der Waals surface area (Å²) < 4.78 is 34.0. The Morgan fingerprint density at radius 2 is 2.00 bits per heavy atom. The van der Waals surface area contributed by atoms with Crippen molar-refractivity contribution in [2.75, 3.05) is 11.3 Å². The van der Waals surface area contributed by atoms with Crippen LogP contribution in [-0.4, -0.2) is 42.8 Å². The second-order valence-electron chi connectivity index (χ2n) is 6.76. The van der Waals surface area contributed by atoms with E-state index < -0.39 is 33.6 Å². The minimum absolute atomic E-state index is 0.0270. The van der Waals surface area contributed by atoms with Gasteiger partial charge in [-0.2, -0.15) is 10.1 Å². The molecule has 0 saturated carbocycles. The third kappa shape index (κ3) is 5.34. The van der Waals surface area contributed by atoms with Gasteiger partial charge >= 0.3 is 0 Å². The van der Waals surface area contributed by atoms with Crippen molar-refractivity contribution in [3.63, 3.8) is 0 Å². The topological polar surface area (TPSA) is 129 Å². The normalized spacial score (nSPS) is 12.1. The van der Waals surface area contributed by atoms with E-state index in [0.29, 0.717) is 6.61 Å². The quantitative estimate of drug-likeness (QED) is 0.296. The Morgan fingerprint density at radius 3 is 2.65 bits per heavy atom. The Balaban J connectivity index is 2.12. The van der Waals surface area contributed by atoms with Gasteiger partial charge in [-0.15, -0.1) is 0 Å². The number of ether oxygens (including phenoxy) is 1. The van der Waals surface area contributed by atoms with Crippen LogP contribution in [0.4, 0.5) is 11.6 Å². The number of anilines is 1. The molecule has 0 bridgehead atoms. The van der Waals surface area contributed by atoms with Crippen LogP contribution < -0.4 is 4.72 Å². The van der Waals surface area contributed by atoms with E-state index >= 15 is 0 Å². The summed E-state index contributed by atoms with van der Waals surface area (Å²) in [5.41, 5.74) is -0.516. The van der Waals surface area contributed by atoms with E-state index in [2.05, 4.69) is 34.4 Å². The number of para-hydroxylation sites is 1. The third-order valence-electron chi connectivity index (χ3n) is 3.40. The summed E-state index contributed by atoms with van der Waals surface area (Å²) in [6, 6.07) is 6.04. The van der Waals surface area contributed by atoms with Crippen LogP contribution in [0.5, 0.6) is 0 Å². The molecular weight excluding hydrogens is 378 g/mol. The second kappa shape index (κ2) is 7.93. The highest BCUT2D eigenvalue weighted by atomic mass is 32.2. The van der Waals surface area contributed by atoms with Gasteiger partial charge in [0.05, 0.1) is 4.92 Å². The molecule has 0 amide bonds. The van der Waals surface area contributed by atoms with Gasteiger partial charge in [0.25, 0.3) is 15.7 Å². The number of aromatic nitrogens is 3. The molecule has 26 heavy (non-hydrogen) atoms. The summed E-state index contributed by atoms with van der Waals surface area (Å²) in [6.45, 7) is 7.22. The van der Waals surface area contributed by atoms with E-state index in [9.17, 15) is 18.5 Å². The highest BCUT2D eigenvalue weighted by Crippen LogP contribution is 2.24. The molecule has 1 aromatic carbocycles. The summed E-state index contributed by atoms with van der Waals surface area (Å²) in [7, 11) is -5.44. The number of nitro groups is 1. The fourth-order valence-corrected chi connectivity index (χ4v) is 3.92. The monoisotopic (exact) mass is 399 g/mol. The molecule has 0 fully saturated rings. The molecule has 0 spiro atoms. The molecule has 12 heteroatoms. The van der Waals surface area contributed by atoms with Crippen molar-refractivity contribution in [2.24, 2.45) is 0 Å². The maximum atomic E-state index is 12.5. The lowest BCUT2D eigenvalue weighted by molar-refractivity contribution is -0.387. The molecule has 2 rings (SSSR count). The first-order valence-corrected chi connectivity index (χ1v) is 13.0. The van der Waals surface area contributed by atoms with Gasteiger partial charge in [0.2, 0.25) is 5.95 Å². The van der Waals surface area contributed by atoms with Gasteiger partial charge in [-0.25, -0.2) is 17.8 Å². The Bertz CT molecular complexity index is 878. The molecule has 0 saturated heterocycles. The van der Waals surface area contributed by atoms with Crippen LogP contribution in [0.15, 0.2) is 35.5 Å². The van der Waals surface area contributed by atoms with Gasteiger partial charge in [-0.05, 0) is 12.1 Å². The zero-order valence-corrected chi connectivity index (χ0v) is 16.6. The average Bonchev–Trinajstić information content (AvgIpc) is 2.97. The van der Waals surface area contributed by atoms with E-state index in [0.717, 1.165) is 18.2 Å². The minimum Gasteiger partial charge on any atom is -0.359 e. The van der Waals surface area contributed by atoms with Crippen LogP contribution in [0.1, 0.15) is 0 Å². The molecule has 0 atom stereocenters. The summed E-state index contributed by atoms with van der Waals surface area (Å²) in [4.78, 5) is 13.7. The number of benzene rings is 1. The average molecular weight is 400 g/mol. The van der Waals surface area contributed by atoms with E-state index in [4.69, 9.17) is 4.74 Å². The fraction of sp³-hybridized carbons (Fsp3) is 0.429. The van der Waals surface area contributed by atoms with E-state index in [1.54, 1.807) is 0 Å². The molecule has 1 heterocycles. The molecule has 0 radical (unpaired) electrons. The number of hydrogen-bond acceptors (Lipinski definition) is 7. The first kappa shape index (κ1) is 20.0. The Hall–Kier alpha value is -2.31. The van der Waals surface area contributed by atoms with Gasteiger partial charge < -0.3 is 4.74 Å². The van der Waals surface area contributed by atoms with Crippen molar-refractivity contribution in [3.8, 4) is 0 Å². The number of nitrogens with zero attached hydrogens (tertiary/aromatic N) is 4. The summed E-state index contributed by atoms with van der Waals surface area (Å²) in [5, 5.41) is 15.0. The molecule has 1 N–H and O–H groups in total. The molecule has 0 unspecified atom stereocenters. The SMILES string of the molecule is C[Si](C)(C)CCOCn1ncnc1NS(=O)(=O)c1ccccc1[N+](=O)[O-]. The zero-order chi connectivity index (χ0) is 19.4. The predicted molar refractivity (Wildman–Crippen MR) is 98.0 cm³/mol. The summed E-state index contributed by atoms with van der Waals surface area (Å²) in [6.07, 6.45) is 1.18. The van der Waals surface area contributed by atoms with Crippen molar-refractivity contribution in [1.82, 2.24) is 14.8 Å². The van der Waals surface area contributed by atoms with E-state index in [1.807, 2.05) is 0 Å². The number of hydrogen-bond donors (Lipinski definition) is 1. The van der Waals surface area contributed by atoms with Crippen LogP contribution in [0.2, 0.25) is 25.7 Å². The molecule has 0 aliphatic rings. The van der Waals surface area contributed by atoms with Gasteiger partial charge in [0.15, 0.2) is 4.90 Å². The highest BCUT2D eigenvalue weighted by molar-refractivity contribution is 7.92. The van der Waals surface area contributed by atoms with Crippen molar-refractivity contribution < 1.29 is 18.1 Å². The minimum atomic E-state index is -4.20. The van der Waals surface area contributed by atoms with Crippen molar-refractivity contribution in [1.29, 1.82) is 0 Å². The summed E-state index contributed by atoms with van der Waals surface area (Å²) >= 11 is 0. The number of nitro benzene ring substituents is 1. The molecule has 142 valence electrons. The van der Waals surface area contributed by atoms with Crippen molar-refractivity contribution >= 4 is 29.7 Å². The smallest absolute Gasteiger partial charge is 0.289 e. The summed E-state index contributed by atoms with van der Waals surface area (Å²) in [5.74, 6) is -0.0730. The molecule has 1 aromatic heterocycles. The molecule has 0 aliphatic carbocycles. The second-order valence-corrected chi connectivity index (χ2v) is 14.0. The lowest BCUT2D eigenvalue weighted by atomic mass is 10.3. The van der Waals surface area contributed by atoms with Gasteiger partial charge in [-0.3, -0.25) is 10.1 Å². The maximum Gasteiger partial charge on any atom is 0.289 e. The van der Waals surface area contributed by atoms with Crippen LogP contribution in [0.25, 0.3) is 0 Å². The van der Waals surface area contributed by atoms with Crippen molar-refractivity contribution in [2.45, 2.75) is 37.3 Å². The molecule has 2 aromatic rings. The van der Waals surface area contributed by atoms with Crippen LogP contribution in [0.3, 0.4) is 0 Å². The maximum absolute atomic E-state index is 12.5. The lowest BCUT2D eigenvalue weighted by Crippen LogP contribution is -2.23. The fourth-order valence-electron chi connectivity index (χ4n) is 1.98. The first-order chi connectivity index (χ1) is 12.1. The zero-order valence-electron chi connectivity index (χ0n) is 14.7. The molecule has 10 nitrogen and oxygen atoms in total. The Morgan fingerprint density at radius 1 is 1.31 bits per heavy atom. The Labute approximate surface area is 152 Å². The predicted octanol–water partition coefficient (Wildman–Crippen LogP) is 2.30. The number of rotatable bonds is 9. The molecular formula is C14H21N5O5SSi. The first-order valence-electron chi connectivity index (χ1n) is 7.82. The van der Waals surface area contributed by atoms with Gasteiger partial charge in [-0.1, -0.05) is 31.8 Å². The highest BCUT2D eigenvalue weighted by Gasteiger charge is 2.26. The van der Waals surface area contributed by atoms with Crippen LogP contribution in [0, 0.1) is 10.1 Å². The number of nitrogens with one attached hydrogen (secondary N) is 1. The third-order valence-corrected chi connectivity index (χ3v) is 6.48. The van der Waals surface area contributed by atoms with Crippen LogP contribution >= 0.6 is 0 Å². The van der Waals surface area contributed by atoms with Crippen molar-refractivity contribution in [3.05, 3.63) is 40.7 Å². The number of sulfonamides is 1. The van der Waals surface area contributed by atoms with Crippen LogP contribution in [-0.2, 0) is 21.5 Å². The largest absolute Gasteiger partial charge is 0.359 e. The molecule has 0 aliphatic heterocycles. The Kier molecular flexibility index (Phi) is 6.10. The van der Waals surface area contributed by atoms with Gasteiger partial charge in [0.1, 0.15) is 13.1 Å². The van der Waals surface area contributed by atoms with Gasteiger partial charge in [0, 0.05) is 20.7 Å². The lowest BCUT2D eigenvalue weighted by Gasteiger charge is -2.15. The van der Waals surface area contributed by atoms with E-state index in [1.165, 1.54) is 23.1 Å². The van der Waals surface area contributed by atoms with E-state index in [-0.39, 0.29) is 12.7 Å².